The van der Waals surface area contributed by atoms with Crippen LogP contribution in [0, 0.1) is 69.2 Å². The Morgan fingerprint density at radius 1 is 0.243 bits per heavy atom. The highest BCUT2D eigenvalue weighted by Crippen LogP contribution is 2.29. The van der Waals surface area contributed by atoms with E-state index in [0.717, 1.165) is 0 Å². The molecule has 0 bridgehead atoms. The normalized spacial score (nSPS) is 11.1. The van der Waals surface area contributed by atoms with Gasteiger partial charge in [0.05, 0.1) is 0 Å². The van der Waals surface area contributed by atoms with Crippen LogP contribution in [0.4, 0.5) is 0 Å². The summed E-state index contributed by atoms with van der Waals surface area (Å²) < 4.78 is 8.90. The fourth-order valence-electron chi connectivity index (χ4n) is 9.67. The van der Waals surface area contributed by atoms with E-state index in [0.29, 0.717) is 23.7 Å². The van der Waals surface area contributed by atoms with Crippen LogP contribution in [0.5, 0.6) is 0 Å². The molecule has 0 saturated carbocycles. The summed E-state index contributed by atoms with van der Waals surface area (Å²) in [4.78, 5) is 0. The maximum Gasteiger partial charge on any atom is 0.212 e. The number of pyridine rings is 4. The van der Waals surface area contributed by atoms with Crippen LogP contribution in [0.1, 0.15) is 157 Å². The van der Waals surface area contributed by atoms with Crippen molar-refractivity contribution >= 4 is 0 Å². The SMILES string of the molecule is Cc1cc(-c2ccc(C(C)C)cc2C)[n+](C)cc1C.Cc1cc(C(C)C)ccc1-c1ccc(C(C)C)c[n+]1C.Cc1ccc(-c2cc(C)c(C)c[n+]2C)c(C)c1.Cc1ccc(-c2ccc(C(C)C)c[n+]2C)c(C)c1. The fraction of sp³-hybridized carbons (Fsp3) is 0.371. The molecule has 0 aliphatic rings. The smallest absolute Gasteiger partial charge is 0.201 e. The molecule has 0 aliphatic carbocycles. The summed E-state index contributed by atoms with van der Waals surface area (Å²) >= 11 is 0. The molecule has 0 amide bonds. The monoisotopic (exact) mass is 989 g/mol. The van der Waals surface area contributed by atoms with Crippen molar-refractivity contribution in [3.05, 3.63) is 212 Å². The molecule has 0 spiro atoms. The van der Waals surface area contributed by atoms with Gasteiger partial charge in [-0.2, -0.15) is 0 Å². The van der Waals surface area contributed by atoms with Gasteiger partial charge in [0.15, 0.2) is 24.8 Å². The topological polar surface area (TPSA) is 15.5 Å². The zero-order valence-electron chi connectivity index (χ0n) is 49.8. The third-order valence-corrected chi connectivity index (χ3v) is 14.8. The van der Waals surface area contributed by atoms with Gasteiger partial charge in [0, 0.05) is 68.8 Å². The molecule has 4 aromatic carbocycles. The van der Waals surface area contributed by atoms with E-state index in [4.69, 9.17) is 0 Å². The van der Waals surface area contributed by atoms with Gasteiger partial charge in [-0.3, -0.25) is 0 Å². The number of aryl methyl sites for hydroxylation is 14. The number of benzene rings is 4. The Hall–Kier alpha value is -6.52. The molecule has 8 rings (SSSR count). The van der Waals surface area contributed by atoms with E-state index in [1.54, 1.807) is 0 Å². The van der Waals surface area contributed by atoms with E-state index in [9.17, 15) is 0 Å². The summed E-state index contributed by atoms with van der Waals surface area (Å²) in [5.74, 6) is 2.31. The highest BCUT2D eigenvalue weighted by Gasteiger charge is 2.19. The summed E-state index contributed by atoms with van der Waals surface area (Å²) in [6.45, 7) is 39.6. The molecule has 74 heavy (non-hydrogen) atoms. The average molecular weight is 990 g/mol. The molecule has 4 heteroatoms. The van der Waals surface area contributed by atoms with E-state index >= 15 is 0 Å². The largest absolute Gasteiger partial charge is 0.212 e. The van der Waals surface area contributed by atoms with Gasteiger partial charge in [-0.15, -0.1) is 0 Å². The van der Waals surface area contributed by atoms with Gasteiger partial charge < -0.3 is 0 Å². The van der Waals surface area contributed by atoms with Gasteiger partial charge in [-0.1, -0.05) is 115 Å². The first kappa shape index (κ1) is 58.4. The first-order chi connectivity index (χ1) is 34.8. The summed E-state index contributed by atoms with van der Waals surface area (Å²) in [5.41, 5.74) is 29.4. The Morgan fingerprint density at radius 3 is 0.797 bits per heavy atom. The lowest BCUT2D eigenvalue weighted by Gasteiger charge is -2.11. The summed E-state index contributed by atoms with van der Waals surface area (Å²) in [6, 6.07) is 40.4. The van der Waals surface area contributed by atoms with Gasteiger partial charge in [0.25, 0.3) is 0 Å². The van der Waals surface area contributed by atoms with Crippen LogP contribution >= 0.6 is 0 Å². The molecule has 0 unspecified atom stereocenters. The van der Waals surface area contributed by atoms with Crippen LogP contribution in [-0.4, -0.2) is 0 Å². The number of hydrogen-bond acceptors (Lipinski definition) is 0. The second-order valence-electron chi connectivity index (χ2n) is 22.6. The van der Waals surface area contributed by atoms with Gasteiger partial charge in [0.2, 0.25) is 22.8 Å². The molecular weight excluding hydrogens is 897 g/mol. The molecule has 0 atom stereocenters. The molecule has 388 valence electrons. The van der Waals surface area contributed by atoms with Crippen molar-refractivity contribution in [2.45, 2.75) is 148 Å². The number of rotatable bonds is 8. The van der Waals surface area contributed by atoms with Crippen molar-refractivity contribution in [2.24, 2.45) is 28.2 Å². The van der Waals surface area contributed by atoms with Crippen LogP contribution in [0.25, 0.3) is 45.0 Å². The zero-order valence-corrected chi connectivity index (χ0v) is 49.8. The fourth-order valence-corrected chi connectivity index (χ4v) is 9.67. The van der Waals surface area contributed by atoms with Crippen molar-refractivity contribution in [3.8, 4) is 45.0 Å². The molecule has 0 fully saturated rings. The maximum atomic E-state index is 2.32. The average Bonchev–Trinajstić information content (AvgIpc) is 3.32. The van der Waals surface area contributed by atoms with Crippen LogP contribution in [-0.2, 0) is 28.2 Å². The molecule has 4 aromatic heterocycles. The summed E-state index contributed by atoms with van der Waals surface area (Å²) in [5, 5.41) is 0. The van der Waals surface area contributed by atoms with Gasteiger partial charge in [0.1, 0.15) is 28.2 Å². The van der Waals surface area contributed by atoms with Crippen molar-refractivity contribution in [3.63, 3.8) is 0 Å². The van der Waals surface area contributed by atoms with Crippen molar-refractivity contribution < 1.29 is 18.3 Å². The number of aromatic nitrogens is 4. The first-order valence-corrected chi connectivity index (χ1v) is 27.1. The molecule has 8 aromatic rings. The van der Waals surface area contributed by atoms with Gasteiger partial charge in [-0.05, 0) is 174 Å². The van der Waals surface area contributed by atoms with Gasteiger partial charge in [-0.25, -0.2) is 18.3 Å². The van der Waals surface area contributed by atoms with Crippen molar-refractivity contribution in [1.82, 2.24) is 0 Å². The summed E-state index contributed by atoms with van der Waals surface area (Å²) in [6.07, 6.45) is 8.89. The predicted octanol–water partition coefficient (Wildman–Crippen LogP) is 16.3. The lowest BCUT2D eigenvalue weighted by Crippen LogP contribution is -2.31. The predicted molar refractivity (Wildman–Crippen MR) is 316 cm³/mol. The highest BCUT2D eigenvalue weighted by atomic mass is 14.9. The van der Waals surface area contributed by atoms with E-state index < -0.39 is 0 Å². The minimum Gasteiger partial charge on any atom is -0.201 e. The Labute approximate surface area is 449 Å². The standard InChI is InChI=1S/C19H26N.C18H24N.C17H22N.C16H20N/c1-13(2)16-7-9-18(15(5)11-16)19-10-8-17(14(3)4)12-20(19)6;1-12(2)16-7-8-17(14(4)9-16)18-10-13(3)15(5)11-19(18)6;1-12(2)15-7-9-17(18(5)11-15)16-8-6-13(3)10-14(16)4;1-11-6-7-15(13(3)8-11)16-9-12(2)14(4)10-17(16)5/h7-14H,1-6H3;7-12H,1-6H3;6-12H,1-5H3;6-10H,1-5H3/q4*+1. The summed E-state index contributed by atoms with van der Waals surface area (Å²) in [7, 11) is 8.50. The Morgan fingerprint density at radius 2 is 0.514 bits per heavy atom. The molecule has 4 heterocycles. The lowest BCUT2D eigenvalue weighted by molar-refractivity contribution is -0.661. The third-order valence-electron chi connectivity index (χ3n) is 14.8. The molecule has 0 aliphatic heterocycles. The molecule has 0 saturated heterocycles. The first-order valence-electron chi connectivity index (χ1n) is 27.1. The van der Waals surface area contributed by atoms with E-state index in [-0.39, 0.29) is 0 Å². The lowest BCUT2D eigenvalue weighted by atomic mass is 9.95. The highest BCUT2D eigenvalue weighted by molar-refractivity contribution is 5.65. The van der Waals surface area contributed by atoms with Crippen LogP contribution in [0.15, 0.2) is 134 Å². The Kier molecular flexibility index (Phi) is 20.2. The quantitative estimate of drug-likeness (QED) is 0.135. The van der Waals surface area contributed by atoms with Crippen molar-refractivity contribution in [1.29, 1.82) is 0 Å². The second kappa shape index (κ2) is 25.6. The molecular formula is C70H92N4+4. The minimum atomic E-state index is 0.569. The zero-order chi connectivity index (χ0) is 54.9. The van der Waals surface area contributed by atoms with Crippen LogP contribution in [0.2, 0.25) is 0 Å². The maximum absolute atomic E-state index is 2.32. The van der Waals surface area contributed by atoms with Crippen LogP contribution < -0.4 is 18.3 Å². The van der Waals surface area contributed by atoms with Crippen molar-refractivity contribution in [2.75, 3.05) is 0 Å². The second-order valence-corrected chi connectivity index (χ2v) is 22.6. The van der Waals surface area contributed by atoms with E-state index in [2.05, 4.69) is 305 Å². The minimum absolute atomic E-state index is 0.569. The molecule has 0 N–H and O–H groups in total. The van der Waals surface area contributed by atoms with Gasteiger partial charge >= 0.3 is 0 Å². The Bertz CT molecular complexity index is 3160. The number of nitrogens with zero attached hydrogens (tertiary/aromatic N) is 4. The van der Waals surface area contributed by atoms with Crippen LogP contribution in [0.3, 0.4) is 0 Å². The number of hydrogen-bond donors (Lipinski definition) is 0. The van der Waals surface area contributed by atoms with E-state index in [1.165, 1.54) is 123 Å². The van der Waals surface area contributed by atoms with E-state index in [1.807, 2.05) is 0 Å². The third kappa shape index (κ3) is 14.8. The molecule has 4 nitrogen and oxygen atoms in total. The Balaban J connectivity index is 0.000000183. The molecule has 0 radical (unpaired) electrons.